The largest absolute Gasteiger partial charge is 0.454 e. The lowest BCUT2D eigenvalue weighted by Gasteiger charge is -2.18. The Morgan fingerprint density at radius 2 is 2.00 bits per heavy atom. The van der Waals surface area contributed by atoms with Crippen molar-refractivity contribution in [3.05, 3.63) is 57.5 Å². The monoisotopic (exact) mass is 371 g/mol. The van der Waals surface area contributed by atoms with Gasteiger partial charge in [0.15, 0.2) is 11.5 Å². The SMILES string of the molecule is CC(C)CN(C)Cc1ccc(C(=O)NCc2ccc3c(c2)OCO3)c(=O)[nH]1. The zero-order valence-electron chi connectivity index (χ0n) is 15.9. The number of aromatic amines is 1. The molecule has 0 bridgehead atoms. The molecule has 0 saturated carbocycles. The Labute approximate surface area is 158 Å². The van der Waals surface area contributed by atoms with Crippen molar-refractivity contribution in [3.8, 4) is 11.5 Å². The number of amides is 1. The van der Waals surface area contributed by atoms with Crippen LogP contribution in [0.25, 0.3) is 0 Å². The lowest BCUT2D eigenvalue weighted by molar-refractivity contribution is 0.0949. The van der Waals surface area contributed by atoms with E-state index in [1.165, 1.54) is 0 Å². The van der Waals surface area contributed by atoms with E-state index >= 15 is 0 Å². The van der Waals surface area contributed by atoms with E-state index in [9.17, 15) is 9.59 Å². The Kier molecular flexibility index (Phi) is 5.81. The Hall–Kier alpha value is -2.80. The topological polar surface area (TPSA) is 83.7 Å². The van der Waals surface area contributed by atoms with Gasteiger partial charge in [0.05, 0.1) is 0 Å². The summed E-state index contributed by atoms with van der Waals surface area (Å²) in [5.41, 5.74) is 1.38. The van der Waals surface area contributed by atoms with E-state index < -0.39 is 5.91 Å². The summed E-state index contributed by atoms with van der Waals surface area (Å²) in [5.74, 6) is 1.49. The van der Waals surface area contributed by atoms with E-state index in [2.05, 4.69) is 29.0 Å². The average molecular weight is 371 g/mol. The first-order chi connectivity index (χ1) is 12.9. The van der Waals surface area contributed by atoms with Crippen molar-refractivity contribution >= 4 is 5.91 Å². The van der Waals surface area contributed by atoms with Crippen LogP contribution in [0.5, 0.6) is 11.5 Å². The minimum atomic E-state index is -0.406. The fourth-order valence-corrected chi connectivity index (χ4v) is 3.09. The predicted octanol–water partition coefficient (Wildman–Crippen LogP) is 2.12. The molecular weight excluding hydrogens is 346 g/mol. The second kappa shape index (κ2) is 8.26. The molecule has 7 nitrogen and oxygen atoms in total. The highest BCUT2D eigenvalue weighted by molar-refractivity contribution is 5.93. The maximum atomic E-state index is 12.4. The van der Waals surface area contributed by atoms with Gasteiger partial charge in [-0.25, -0.2) is 0 Å². The first-order valence-corrected chi connectivity index (χ1v) is 9.00. The van der Waals surface area contributed by atoms with Crippen LogP contribution in [0.3, 0.4) is 0 Å². The van der Waals surface area contributed by atoms with Crippen LogP contribution in [0.1, 0.15) is 35.5 Å². The normalized spacial score (nSPS) is 12.6. The predicted molar refractivity (Wildman–Crippen MR) is 102 cm³/mol. The van der Waals surface area contributed by atoms with Crippen LogP contribution in [-0.4, -0.2) is 36.2 Å². The van der Waals surface area contributed by atoms with Gasteiger partial charge in [0.1, 0.15) is 5.56 Å². The molecule has 2 N–H and O–H groups in total. The van der Waals surface area contributed by atoms with Crippen LogP contribution >= 0.6 is 0 Å². The molecule has 0 unspecified atom stereocenters. The molecule has 1 aromatic carbocycles. The summed E-state index contributed by atoms with van der Waals surface area (Å²) in [5, 5.41) is 2.77. The van der Waals surface area contributed by atoms with Gasteiger partial charge >= 0.3 is 0 Å². The lowest BCUT2D eigenvalue weighted by atomic mass is 10.2. The maximum Gasteiger partial charge on any atom is 0.261 e. The van der Waals surface area contributed by atoms with E-state index in [1.807, 2.05) is 19.2 Å². The van der Waals surface area contributed by atoms with E-state index in [-0.39, 0.29) is 17.9 Å². The molecule has 7 heteroatoms. The number of hydrogen-bond acceptors (Lipinski definition) is 5. The number of H-pyrrole nitrogens is 1. The van der Waals surface area contributed by atoms with Crippen molar-refractivity contribution in [2.45, 2.75) is 26.9 Å². The van der Waals surface area contributed by atoms with Crippen molar-refractivity contribution in [3.63, 3.8) is 0 Å². The molecule has 0 spiro atoms. The highest BCUT2D eigenvalue weighted by atomic mass is 16.7. The van der Waals surface area contributed by atoms with Gasteiger partial charge in [-0.2, -0.15) is 0 Å². The number of pyridine rings is 1. The number of ether oxygens (including phenoxy) is 2. The van der Waals surface area contributed by atoms with Crippen LogP contribution in [0.4, 0.5) is 0 Å². The summed E-state index contributed by atoms with van der Waals surface area (Å²) in [7, 11) is 2.00. The molecule has 0 atom stereocenters. The van der Waals surface area contributed by atoms with Crippen molar-refractivity contribution in [2.24, 2.45) is 5.92 Å². The van der Waals surface area contributed by atoms with Crippen molar-refractivity contribution in [2.75, 3.05) is 20.4 Å². The van der Waals surface area contributed by atoms with Gasteiger partial charge in [0.25, 0.3) is 11.5 Å². The maximum absolute atomic E-state index is 12.4. The summed E-state index contributed by atoms with van der Waals surface area (Å²) in [6.07, 6.45) is 0. The Morgan fingerprint density at radius 1 is 1.22 bits per heavy atom. The highest BCUT2D eigenvalue weighted by Crippen LogP contribution is 2.32. The van der Waals surface area contributed by atoms with Gasteiger partial charge in [0.2, 0.25) is 6.79 Å². The van der Waals surface area contributed by atoms with Crippen LogP contribution in [0.2, 0.25) is 0 Å². The Morgan fingerprint density at radius 3 is 2.74 bits per heavy atom. The second-order valence-electron chi connectivity index (χ2n) is 7.19. The average Bonchev–Trinajstić information content (AvgIpc) is 3.06. The number of nitrogens with zero attached hydrogens (tertiary/aromatic N) is 1. The van der Waals surface area contributed by atoms with Gasteiger partial charge in [-0.05, 0) is 42.8 Å². The third-order valence-electron chi connectivity index (χ3n) is 4.22. The summed E-state index contributed by atoms with van der Waals surface area (Å²) >= 11 is 0. The van der Waals surface area contributed by atoms with Crippen molar-refractivity contribution < 1.29 is 14.3 Å². The van der Waals surface area contributed by atoms with Gasteiger partial charge < -0.3 is 24.7 Å². The molecule has 3 rings (SSSR count). The van der Waals surface area contributed by atoms with E-state index in [4.69, 9.17) is 9.47 Å². The van der Waals surface area contributed by atoms with Crippen LogP contribution in [-0.2, 0) is 13.1 Å². The van der Waals surface area contributed by atoms with Crippen molar-refractivity contribution in [1.82, 2.24) is 15.2 Å². The molecule has 2 heterocycles. The Balaban J connectivity index is 1.60. The quantitative estimate of drug-likeness (QED) is 0.779. The van der Waals surface area contributed by atoms with Gasteiger partial charge in [0, 0.05) is 25.3 Å². The molecule has 1 aromatic heterocycles. The summed E-state index contributed by atoms with van der Waals surface area (Å²) in [6, 6.07) is 8.84. The Bertz CT molecular complexity index is 876. The number of aromatic nitrogens is 1. The molecule has 0 fully saturated rings. The van der Waals surface area contributed by atoms with Gasteiger partial charge in [-0.1, -0.05) is 19.9 Å². The molecule has 144 valence electrons. The van der Waals surface area contributed by atoms with E-state index in [1.54, 1.807) is 18.2 Å². The number of carbonyl (C=O) groups is 1. The first-order valence-electron chi connectivity index (χ1n) is 9.00. The zero-order valence-corrected chi connectivity index (χ0v) is 15.9. The van der Waals surface area contributed by atoms with E-state index in [0.29, 0.717) is 30.5 Å². The molecule has 2 aromatic rings. The minimum absolute atomic E-state index is 0.103. The van der Waals surface area contributed by atoms with E-state index in [0.717, 1.165) is 17.8 Å². The molecule has 1 aliphatic heterocycles. The fourth-order valence-electron chi connectivity index (χ4n) is 3.09. The fraction of sp³-hybridized carbons (Fsp3) is 0.400. The van der Waals surface area contributed by atoms with Gasteiger partial charge in [-0.15, -0.1) is 0 Å². The second-order valence-corrected chi connectivity index (χ2v) is 7.19. The molecule has 1 amide bonds. The smallest absolute Gasteiger partial charge is 0.261 e. The lowest BCUT2D eigenvalue weighted by Crippen LogP contribution is -2.30. The zero-order chi connectivity index (χ0) is 19.4. The summed E-state index contributed by atoms with van der Waals surface area (Å²) in [4.78, 5) is 29.6. The molecule has 0 radical (unpaired) electrons. The van der Waals surface area contributed by atoms with Crippen molar-refractivity contribution in [1.29, 1.82) is 0 Å². The summed E-state index contributed by atoms with van der Waals surface area (Å²) < 4.78 is 10.6. The number of rotatable bonds is 7. The van der Waals surface area contributed by atoms with Crippen LogP contribution in [0, 0.1) is 5.92 Å². The molecule has 1 aliphatic rings. The number of carbonyl (C=O) groups excluding carboxylic acids is 1. The van der Waals surface area contributed by atoms with Gasteiger partial charge in [-0.3, -0.25) is 9.59 Å². The number of nitrogens with one attached hydrogen (secondary N) is 2. The number of hydrogen-bond donors (Lipinski definition) is 2. The third kappa shape index (κ3) is 4.89. The first kappa shape index (κ1) is 19.0. The van der Waals surface area contributed by atoms with Crippen LogP contribution < -0.4 is 20.3 Å². The molecule has 0 saturated heterocycles. The molecule has 27 heavy (non-hydrogen) atoms. The molecule has 0 aliphatic carbocycles. The molecular formula is C20H25N3O4. The standard InChI is InChI=1S/C20H25N3O4/c1-13(2)10-23(3)11-15-5-6-16(20(25)22-15)19(24)21-9-14-4-7-17-18(8-14)27-12-26-17/h4-8,13H,9-12H2,1-3H3,(H,21,24)(H,22,25). The third-order valence-corrected chi connectivity index (χ3v) is 4.22. The van der Waals surface area contributed by atoms with Crippen LogP contribution in [0.15, 0.2) is 35.1 Å². The summed E-state index contributed by atoms with van der Waals surface area (Å²) in [6.45, 7) is 6.36. The number of benzene rings is 1. The highest BCUT2D eigenvalue weighted by Gasteiger charge is 2.15. The number of fused-ring (bicyclic) bond motifs is 1. The minimum Gasteiger partial charge on any atom is -0.454 e.